The van der Waals surface area contributed by atoms with E-state index in [1.807, 2.05) is 6.92 Å². The zero-order valence-electron chi connectivity index (χ0n) is 9.63. The van der Waals surface area contributed by atoms with Crippen LogP contribution in [0, 0.1) is 17.8 Å². The Kier molecular flexibility index (Phi) is 3.30. The molecule has 0 amide bonds. The molecule has 1 N–H and O–H groups in total. The van der Waals surface area contributed by atoms with Crippen LogP contribution in [0.4, 0.5) is 0 Å². The van der Waals surface area contributed by atoms with Crippen LogP contribution in [-0.2, 0) is 14.3 Å². The van der Waals surface area contributed by atoms with Crippen LogP contribution in [-0.4, -0.2) is 30.4 Å². The molecule has 4 heteroatoms. The predicted octanol–water partition coefficient (Wildman–Crippen LogP) is 1.10. The van der Waals surface area contributed by atoms with E-state index in [1.54, 1.807) is 0 Å². The highest BCUT2D eigenvalue weighted by atomic mass is 16.7. The van der Waals surface area contributed by atoms with Crippen molar-refractivity contribution in [2.45, 2.75) is 32.7 Å². The van der Waals surface area contributed by atoms with Crippen molar-refractivity contribution in [2.24, 2.45) is 17.8 Å². The lowest BCUT2D eigenvalue weighted by Gasteiger charge is -2.34. The average molecular weight is 226 g/mol. The summed E-state index contributed by atoms with van der Waals surface area (Å²) in [4.78, 5) is 10.9. The molecular weight excluding hydrogens is 208 g/mol. The molecule has 1 aliphatic heterocycles. The molecule has 0 aromatic heterocycles. The highest BCUT2D eigenvalue weighted by molar-refractivity contribution is 5.74. The number of aliphatic hydroxyl groups is 1. The van der Waals surface area contributed by atoms with Crippen LogP contribution in [0.3, 0.4) is 0 Å². The van der Waals surface area contributed by atoms with Crippen molar-refractivity contribution in [1.29, 1.82) is 0 Å². The van der Waals surface area contributed by atoms with Gasteiger partial charge in [0.25, 0.3) is 0 Å². The Bertz CT molecular complexity index is 299. The van der Waals surface area contributed by atoms with E-state index in [2.05, 4.69) is 6.92 Å². The number of carbonyl (C=O) groups is 1. The lowest BCUT2D eigenvalue weighted by Crippen LogP contribution is -2.38. The Morgan fingerprint density at radius 2 is 2.44 bits per heavy atom. The number of carbonyl (C=O) groups excluding carboxylic acids is 1. The summed E-state index contributed by atoms with van der Waals surface area (Å²) < 4.78 is 10.9. The van der Waals surface area contributed by atoms with Crippen LogP contribution in [0.15, 0.2) is 11.8 Å². The SMILES string of the molecule is CCOC1OC=C(C=O)C2C(O)CC(C)C12. The highest BCUT2D eigenvalue weighted by Gasteiger charge is 2.49. The fourth-order valence-corrected chi connectivity index (χ4v) is 2.91. The van der Waals surface area contributed by atoms with E-state index in [0.717, 1.165) is 6.29 Å². The molecule has 5 unspecified atom stereocenters. The van der Waals surface area contributed by atoms with Crippen LogP contribution in [0.25, 0.3) is 0 Å². The van der Waals surface area contributed by atoms with Gasteiger partial charge in [-0.3, -0.25) is 4.79 Å². The number of ether oxygens (including phenoxy) is 2. The molecule has 0 saturated heterocycles. The van der Waals surface area contributed by atoms with Gasteiger partial charge in [-0.25, -0.2) is 0 Å². The van der Waals surface area contributed by atoms with Gasteiger partial charge in [-0.05, 0) is 19.3 Å². The van der Waals surface area contributed by atoms with Crippen molar-refractivity contribution in [3.63, 3.8) is 0 Å². The summed E-state index contributed by atoms with van der Waals surface area (Å²) in [6, 6.07) is 0. The van der Waals surface area contributed by atoms with Gasteiger partial charge in [0.05, 0.1) is 12.4 Å². The summed E-state index contributed by atoms with van der Waals surface area (Å²) >= 11 is 0. The van der Waals surface area contributed by atoms with Gasteiger partial charge in [-0.2, -0.15) is 0 Å². The molecule has 0 radical (unpaired) electrons. The van der Waals surface area contributed by atoms with Gasteiger partial charge in [0.2, 0.25) is 6.29 Å². The first kappa shape index (κ1) is 11.6. The fraction of sp³-hybridized carbons (Fsp3) is 0.750. The maximum atomic E-state index is 10.9. The van der Waals surface area contributed by atoms with Crippen molar-refractivity contribution in [2.75, 3.05) is 6.61 Å². The van der Waals surface area contributed by atoms with Crippen molar-refractivity contribution in [3.8, 4) is 0 Å². The van der Waals surface area contributed by atoms with Crippen LogP contribution in [0.5, 0.6) is 0 Å². The van der Waals surface area contributed by atoms with Gasteiger partial charge in [0, 0.05) is 24.0 Å². The minimum Gasteiger partial charge on any atom is -0.472 e. The third kappa shape index (κ3) is 1.76. The summed E-state index contributed by atoms with van der Waals surface area (Å²) in [7, 11) is 0. The first-order chi connectivity index (χ1) is 7.69. The molecule has 0 spiro atoms. The zero-order chi connectivity index (χ0) is 11.7. The van der Waals surface area contributed by atoms with E-state index in [9.17, 15) is 9.90 Å². The lowest BCUT2D eigenvalue weighted by atomic mass is 9.83. The van der Waals surface area contributed by atoms with Gasteiger partial charge < -0.3 is 14.6 Å². The molecule has 2 rings (SSSR count). The Balaban J connectivity index is 2.26. The summed E-state index contributed by atoms with van der Waals surface area (Å²) in [6.07, 6.45) is 2.14. The van der Waals surface area contributed by atoms with Crippen LogP contribution in [0.1, 0.15) is 20.3 Å². The quantitative estimate of drug-likeness (QED) is 0.732. The maximum Gasteiger partial charge on any atom is 0.202 e. The number of rotatable bonds is 3. The second-order valence-corrected chi connectivity index (χ2v) is 4.58. The van der Waals surface area contributed by atoms with Gasteiger partial charge in [0.15, 0.2) is 0 Å². The lowest BCUT2D eigenvalue weighted by molar-refractivity contribution is -0.163. The van der Waals surface area contributed by atoms with E-state index in [-0.39, 0.29) is 18.1 Å². The van der Waals surface area contributed by atoms with E-state index in [4.69, 9.17) is 9.47 Å². The molecular formula is C12H18O4. The molecule has 1 fully saturated rings. The van der Waals surface area contributed by atoms with Gasteiger partial charge in [-0.1, -0.05) is 6.92 Å². The Morgan fingerprint density at radius 1 is 1.69 bits per heavy atom. The molecule has 4 nitrogen and oxygen atoms in total. The average Bonchev–Trinajstić information content (AvgIpc) is 2.56. The van der Waals surface area contributed by atoms with Crippen molar-refractivity contribution in [1.82, 2.24) is 0 Å². The third-order valence-electron chi connectivity index (χ3n) is 3.60. The predicted molar refractivity (Wildman–Crippen MR) is 57.4 cm³/mol. The first-order valence-electron chi connectivity index (χ1n) is 5.79. The van der Waals surface area contributed by atoms with Gasteiger partial charge in [-0.15, -0.1) is 0 Å². The van der Waals surface area contributed by atoms with Crippen LogP contribution >= 0.6 is 0 Å². The molecule has 2 aliphatic rings. The Morgan fingerprint density at radius 3 is 3.06 bits per heavy atom. The molecule has 0 aromatic carbocycles. The highest BCUT2D eigenvalue weighted by Crippen LogP contribution is 2.46. The molecule has 5 atom stereocenters. The Labute approximate surface area is 95.2 Å². The van der Waals surface area contributed by atoms with E-state index in [1.165, 1.54) is 6.26 Å². The van der Waals surface area contributed by atoms with Gasteiger partial charge in [0.1, 0.15) is 6.29 Å². The molecule has 0 bridgehead atoms. The monoisotopic (exact) mass is 226 g/mol. The summed E-state index contributed by atoms with van der Waals surface area (Å²) in [5.41, 5.74) is 0.554. The number of hydrogen-bond acceptors (Lipinski definition) is 4. The molecule has 1 heterocycles. The molecule has 90 valence electrons. The first-order valence-corrected chi connectivity index (χ1v) is 5.79. The molecule has 1 aliphatic carbocycles. The minimum atomic E-state index is -0.455. The topological polar surface area (TPSA) is 55.8 Å². The zero-order valence-corrected chi connectivity index (χ0v) is 9.63. The maximum absolute atomic E-state index is 10.9. The van der Waals surface area contributed by atoms with Gasteiger partial charge >= 0.3 is 0 Å². The molecule has 0 aromatic rings. The van der Waals surface area contributed by atoms with Crippen molar-refractivity contribution < 1.29 is 19.4 Å². The number of hydrogen-bond donors (Lipinski definition) is 1. The van der Waals surface area contributed by atoms with Crippen LogP contribution < -0.4 is 0 Å². The normalized spacial score (nSPS) is 42.2. The second kappa shape index (κ2) is 4.55. The number of aldehydes is 1. The summed E-state index contributed by atoms with van der Waals surface area (Å²) in [5.74, 6) is 0.262. The van der Waals surface area contributed by atoms with E-state index >= 15 is 0 Å². The van der Waals surface area contributed by atoms with E-state index in [0.29, 0.717) is 24.5 Å². The third-order valence-corrected chi connectivity index (χ3v) is 3.60. The number of aliphatic hydroxyl groups excluding tert-OH is 1. The molecule has 1 saturated carbocycles. The van der Waals surface area contributed by atoms with Crippen molar-refractivity contribution >= 4 is 6.29 Å². The Hall–Kier alpha value is -0.870. The van der Waals surface area contributed by atoms with E-state index < -0.39 is 6.10 Å². The van der Waals surface area contributed by atoms with Crippen LogP contribution in [0.2, 0.25) is 0 Å². The fourth-order valence-electron chi connectivity index (χ4n) is 2.91. The minimum absolute atomic E-state index is 0.0835. The summed E-state index contributed by atoms with van der Waals surface area (Å²) in [6.45, 7) is 4.55. The smallest absolute Gasteiger partial charge is 0.202 e. The largest absolute Gasteiger partial charge is 0.472 e. The summed E-state index contributed by atoms with van der Waals surface area (Å²) in [5, 5.41) is 9.97. The standard InChI is InChI=1S/C12H18O4/c1-3-15-12-10-7(2)4-9(14)11(10)8(5-13)6-16-12/h5-7,9-12,14H,3-4H2,1-2H3. The molecule has 16 heavy (non-hydrogen) atoms. The van der Waals surface area contributed by atoms with Crippen molar-refractivity contribution in [3.05, 3.63) is 11.8 Å². The second-order valence-electron chi connectivity index (χ2n) is 4.58. The number of fused-ring (bicyclic) bond motifs is 1.